The van der Waals surface area contributed by atoms with Crippen LogP contribution >= 0.6 is 11.6 Å². The zero-order chi connectivity index (χ0) is 10.3. The molecule has 3 aliphatic rings. The second-order valence-corrected chi connectivity index (χ2v) is 6.19. The normalized spacial score (nSPS) is 45.4. The highest BCUT2D eigenvalue weighted by molar-refractivity contribution is 6.18. The summed E-state index contributed by atoms with van der Waals surface area (Å²) in [6, 6.07) is 0.700. The summed E-state index contributed by atoms with van der Waals surface area (Å²) in [6.45, 7) is 2.67. The molecule has 0 amide bonds. The van der Waals surface area contributed by atoms with Crippen molar-refractivity contribution in [3.8, 4) is 0 Å². The van der Waals surface area contributed by atoms with E-state index in [4.69, 9.17) is 11.6 Å². The molecule has 0 aromatic rings. The molecule has 4 unspecified atom stereocenters. The minimum atomic E-state index is 0.700. The van der Waals surface area contributed by atoms with Crippen LogP contribution in [-0.2, 0) is 0 Å². The first-order valence-electron chi connectivity index (χ1n) is 6.67. The third-order valence-corrected chi connectivity index (χ3v) is 5.39. The maximum absolute atomic E-state index is 6.03. The molecule has 0 aromatic heterocycles. The van der Waals surface area contributed by atoms with Gasteiger partial charge in [-0.3, -0.25) is 4.90 Å². The highest BCUT2D eigenvalue weighted by atomic mass is 35.5. The van der Waals surface area contributed by atoms with Crippen molar-refractivity contribution in [1.82, 2.24) is 4.90 Å². The Balaban J connectivity index is 1.56. The number of halogens is 1. The number of likely N-dealkylation sites (tertiary alicyclic amines) is 1. The number of nitrogens with zero attached hydrogens (tertiary/aromatic N) is 1. The molecule has 0 aromatic carbocycles. The lowest BCUT2D eigenvalue weighted by atomic mass is 9.88. The zero-order valence-electron chi connectivity index (χ0n) is 9.50. The first-order chi connectivity index (χ1) is 7.36. The van der Waals surface area contributed by atoms with Crippen LogP contribution in [-0.4, -0.2) is 29.9 Å². The molecule has 2 saturated carbocycles. The van der Waals surface area contributed by atoms with Crippen LogP contribution in [0.15, 0.2) is 0 Å². The van der Waals surface area contributed by atoms with Crippen LogP contribution in [0.1, 0.15) is 38.5 Å². The van der Waals surface area contributed by atoms with Crippen molar-refractivity contribution < 1.29 is 0 Å². The summed E-state index contributed by atoms with van der Waals surface area (Å²) in [6.07, 6.45) is 8.83. The van der Waals surface area contributed by atoms with Crippen molar-refractivity contribution in [3.05, 3.63) is 0 Å². The van der Waals surface area contributed by atoms with Gasteiger partial charge in [0, 0.05) is 18.5 Å². The summed E-state index contributed by atoms with van der Waals surface area (Å²) >= 11 is 6.03. The monoisotopic (exact) mass is 227 g/mol. The Hall–Kier alpha value is 0.250. The van der Waals surface area contributed by atoms with E-state index in [1.807, 2.05) is 0 Å². The fourth-order valence-electron chi connectivity index (χ4n) is 4.21. The second kappa shape index (κ2) is 4.25. The Morgan fingerprint density at radius 1 is 1.13 bits per heavy atom. The summed E-state index contributed by atoms with van der Waals surface area (Å²) in [4.78, 5) is 2.68. The molecule has 3 rings (SSSR count). The summed E-state index contributed by atoms with van der Waals surface area (Å²) in [5, 5.41) is 0. The van der Waals surface area contributed by atoms with Crippen molar-refractivity contribution in [1.29, 1.82) is 0 Å². The summed E-state index contributed by atoms with van der Waals surface area (Å²) in [5.41, 5.74) is 0. The molecular formula is C13H22ClN. The van der Waals surface area contributed by atoms with E-state index in [2.05, 4.69) is 4.90 Å². The van der Waals surface area contributed by atoms with Gasteiger partial charge in [0.25, 0.3) is 0 Å². The van der Waals surface area contributed by atoms with Gasteiger partial charge in [-0.05, 0) is 56.4 Å². The lowest BCUT2D eigenvalue weighted by molar-refractivity contribution is 0.187. The predicted molar refractivity (Wildman–Crippen MR) is 64.3 cm³/mol. The molecule has 1 aliphatic heterocycles. The van der Waals surface area contributed by atoms with Gasteiger partial charge in [-0.2, -0.15) is 0 Å². The van der Waals surface area contributed by atoms with Crippen LogP contribution in [0.5, 0.6) is 0 Å². The third kappa shape index (κ3) is 1.93. The summed E-state index contributed by atoms with van der Waals surface area (Å²) in [7, 11) is 0. The highest BCUT2D eigenvalue weighted by Gasteiger charge is 2.40. The number of alkyl halides is 1. The molecule has 3 fully saturated rings. The van der Waals surface area contributed by atoms with E-state index in [1.165, 1.54) is 45.2 Å². The quantitative estimate of drug-likeness (QED) is 0.670. The van der Waals surface area contributed by atoms with Gasteiger partial charge >= 0.3 is 0 Å². The Morgan fingerprint density at radius 3 is 2.73 bits per heavy atom. The second-order valence-electron chi connectivity index (χ2n) is 5.88. The van der Waals surface area contributed by atoms with Crippen molar-refractivity contribution in [2.24, 2.45) is 17.8 Å². The van der Waals surface area contributed by atoms with Gasteiger partial charge in [-0.25, -0.2) is 0 Å². The average Bonchev–Trinajstić information content (AvgIpc) is 2.92. The van der Waals surface area contributed by atoms with Crippen LogP contribution < -0.4 is 0 Å². The van der Waals surface area contributed by atoms with Gasteiger partial charge in [0.05, 0.1) is 0 Å². The van der Waals surface area contributed by atoms with E-state index in [1.54, 1.807) is 6.42 Å². The van der Waals surface area contributed by atoms with Crippen molar-refractivity contribution in [2.45, 2.75) is 44.6 Å². The standard InChI is InChI=1S/C13H22ClN/c14-8-13-2-1-5-15(13)9-12-7-10-3-4-11(12)6-10/h10-13H,1-9H2. The van der Waals surface area contributed by atoms with Crippen molar-refractivity contribution >= 4 is 11.6 Å². The molecule has 0 N–H and O–H groups in total. The first kappa shape index (κ1) is 10.4. The van der Waals surface area contributed by atoms with Gasteiger partial charge in [-0.1, -0.05) is 6.42 Å². The molecule has 15 heavy (non-hydrogen) atoms. The molecule has 2 aliphatic carbocycles. The summed E-state index contributed by atoms with van der Waals surface area (Å²) in [5.74, 6) is 4.04. The molecule has 0 radical (unpaired) electrons. The minimum Gasteiger partial charge on any atom is -0.299 e. The Bertz CT molecular complexity index is 227. The molecule has 0 spiro atoms. The van der Waals surface area contributed by atoms with E-state index >= 15 is 0 Å². The molecule has 1 saturated heterocycles. The van der Waals surface area contributed by atoms with E-state index in [-0.39, 0.29) is 0 Å². The summed E-state index contributed by atoms with van der Waals surface area (Å²) < 4.78 is 0. The molecule has 1 nitrogen and oxygen atoms in total. The SMILES string of the molecule is ClCC1CCCN1CC1CC2CCC1C2. The molecule has 4 atom stereocenters. The largest absolute Gasteiger partial charge is 0.299 e. The van der Waals surface area contributed by atoms with Gasteiger partial charge in [-0.15, -0.1) is 11.6 Å². The average molecular weight is 228 g/mol. The Labute approximate surface area is 98.2 Å². The Morgan fingerprint density at radius 2 is 2.07 bits per heavy atom. The fourth-order valence-corrected chi connectivity index (χ4v) is 4.56. The van der Waals surface area contributed by atoms with Gasteiger partial charge in [0.2, 0.25) is 0 Å². The van der Waals surface area contributed by atoms with Gasteiger partial charge < -0.3 is 0 Å². The number of hydrogen-bond donors (Lipinski definition) is 0. The predicted octanol–water partition coefficient (Wildman–Crippen LogP) is 3.13. The first-order valence-corrected chi connectivity index (χ1v) is 7.20. The number of fused-ring (bicyclic) bond motifs is 2. The highest BCUT2D eigenvalue weighted by Crippen LogP contribution is 2.48. The van der Waals surface area contributed by atoms with Gasteiger partial charge in [0.15, 0.2) is 0 Å². The van der Waals surface area contributed by atoms with Crippen LogP contribution in [0.4, 0.5) is 0 Å². The maximum atomic E-state index is 6.03. The number of rotatable bonds is 3. The molecule has 2 heteroatoms. The van der Waals surface area contributed by atoms with Crippen LogP contribution in [0.2, 0.25) is 0 Å². The smallest absolute Gasteiger partial charge is 0.0379 e. The van der Waals surface area contributed by atoms with Crippen LogP contribution in [0, 0.1) is 17.8 Å². The van der Waals surface area contributed by atoms with E-state index in [0.29, 0.717) is 6.04 Å². The Kier molecular flexibility index (Phi) is 2.95. The lowest BCUT2D eigenvalue weighted by Crippen LogP contribution is -2.36. The molecular weight excluding hydrogens is 206 g/mol. The van der Waals surface area contributed by atoms with Crippen molar-refractivity contribution in [2.75, 3.05) is 19.0 Å². The maximum Gasteiger partial charge on any atom is 0.0379 e. The van der Waals surface area contributed by atoms with E-state index < -0.39 is 0 Å². The van der Waals surface area contributed by atoms with Crippen LogP contribution in [0.3, 0.4) is 0 Å². The van der Waals surface area contributed by atoms with Gasteiger partial charge in [0.1, 0.15) is 0 Å². The zero-order valence-corrected chi connectivity index (χ0v) is 10.3. The topological polar surface area (TPSA) is 3.24 Å². The molecule has 1 heterocycles. The lowest BCUT2D eigenvalue weighted by Gasteiger charge is -2.30. The van der Waals surface area contributed by atoms with E-state index in [9.17, 15) is 0 Å². The van der Waals surface area contributed by atoms with Crippen LogP contribution in [0.25, 0.3) is 0 Å². The van der Waals surface area contributed by atoms with E-state index in [0.717, 1.165) is 23.6 Å². The van der Waals surface area contributed by atoms with Crippen molar-refractivity contribution in [3.63, 3.8) is 0 Å². The third-order valence-electron chi connectivity index (χ3n) is 5.03. The minimum absolute atomic E-state index is 0.700. The molecule has 2 bridgehead atoms. The fraction of sp³-hybridized carbons (Fsp3) is 1.00. The number of hydrogen-bond acceptors (Lipinski definition) is 1. The molecule has 86 valence electrons.